The molecule has 3 rings (SSSR count). The summed E-state index contributed by atoms with van der Waals surface area (Å²) in [6.45, 7) is 1.84. The molecule has 1 atom stereocenters. The first-order valence-electron chi connectivity index (χ1n) is 6.71. The molecule has 0 aromatic heterocycles. The lowest BCUT2D eigenvalue weighted by Crippen LogP contribution is -2.46. The van der Waals surface area contributed by atoms with Crippen molar-refractivity contribution in [2.45, 2.75) is 6.10 Å². The molecule has 0 saturated carbocycles. The number of benzene rings is 2. The topological polar surface area (TPSA) is 21.3 Å². The van der Waals surface area contributed by atoms with Crippen molar-refractivity contribution in [2.75, 3.05) is 13.1 Å². The van der Waals surface area contributed by atoms with E-state index >= 15 is 0 Å². The van der Waals surface area contributed by atoms with Gasteiger partial charge in [-0.1, -0.05) is 46.9 Å². The van der Waals surface area contributed by atoms with Gasteiger partial charge in [0.25, 0.3) is 0 Å². The molecule has 1 aliphatic rings. The van der Waals surface area contributed by atoms with Crippen molar-refractivity contribution in [3.8, 4) is 5.75 Å². The molecule has 1 heterocycles. The molecule has 2 nitrogen and oxygen atoms in total. The maximum atomic E-state index is 6.15. The van der Waals surface area contributed by atoms with Gasteiger partial charge in [0, 0.05) is 24.0 Å². The van der Waals surface area contributed by atoms with Crippen molar-refractivity contribution in [2.24, 2.45) is 5.92 Å². The predicted octanol–water partition coefficient (Wildman–Crippen LogP) is 4.99. The van der Waals surface area contributed by atoms with Crippen LogP contribution in [0.1, 0.15) is 11.7 Å². The third-order valence-corrected chi connectivity index (χ3v) is 4.55. The van der Waals surface area contributed by atoms with Gasteiger partial charge in [-0.15, -0.1) is 0 Å². The van der Waals surface area contributed by atoms with Gasteiger partial charge in [0.1, 0.15) is 11.9 Å². The Morgan fingerprint density at radius 1 is 1.00 bits per heavy atom. The number of rotatable bonds is 4. The number of nitrogens with one attached hydrogen (secondary N) is 1. The predicted molar refractivity (Wildman–Crippen MR) is 87.6 cm³/mol. The molecule has 0 spiro atoms. The van der Waals surface area contributed by atoms with Gasteiger partial charge in [-0.2, -0.15) is 0 Å². The van der Waals surface area contributed by atoms with Gasteiger partial charge in [0.2, 0.25) is 0 Å². The van der Waals surface area contributed by atoms with E-state index in [1.807, 2.05) is 36.4 Å². The largest absolute Gasteiger partial charge is 0.485 e. The van der Waals surface area contributed by atoms with Crippen LogP contribution in [0.15, 0.2) is 42.5 Å². The van der Waals surface area contributed by atoms with E-state index in [0.717, 1.165) is 24.4 Å². The highest BCUT2D eigenvalue weighted by atomic mass is 35.5. The third kappa shape index (κ3) is 3.46. The zero-order valence-corrected chi connectivity index (χ0v) is 13.4. The van der Waals surface area contributed by atoms with Crippen LogP contribution in [0, 0.1) is 5.92 Å². The summed E-state index contributed by atoms with van der Waals surface area (Å²) in [4.78, 5) is 0. The summed E-state index contributed by atoms with van der Waals surface area (Å²) >= 11 is 18.1. The molecule has 1 N–H and O–H groups in total. The summed E-state index contributed by atoms with van der Waals surface area (Å²) in [7, 11) is 0. The summed E-state index contributed by atoms with van der Waals surface area (Å²) in [5.74, 6) is 1.16. The van der Waals surface area contributed by atoms with Crippen LogP contribution in [-0.4, -0.2) is 13.1 Å². The standard InChI is InChI=1S/C16H14Cl3NO/c17-12-2-1-3-13(7-12)21-16(11-8-20-9-11)10-4-5-14(18)15(19)6-10/h1-7,11,16,20H,8-9H2/t16-/m0/s1. The minimum absolute atomic E-state index is 0.0699. The van der Waals surface area contributed by atoms with E-state index in [4.69, 9.17) is 39.5 Å². The number of hydrogen-bond acceptors (Lipinski definition) is 2. The zero-order valence-electron chi connectivity index (χ0n) is 11.2. The molecule has 0 bridgehead atoms. The molecule has 0 aliphatic carbocycles. The Kier molecular flexibility index (Phi) is 4.60. The van der Waals surface area contributed by atoms with Gasteiger partial charge < -0.3 is 10.1 Å². The Balaban J connectivity index is 1.88. The molecule has 1 saturated heterocycles. The van der Waals surface area contributed by atoms with Crippen molar-refractivity contribution < 1.29 is 4.74 Å². The SMILES string of the molecule is Clc1cccc(O[C@@H](c2ccc(Cl)c(Cl)c2)C2CNC2)c1. The molecule has 0 amide bonds. The monoisotopic (exact) mass is 341 g/mol. The minimum Gasteiger partial charge on any atom is -0.485 e. The van der Waals surface area contributed by atoms with Crippen molar-refractivity contribution in [1.82, 2.24) is 5.32 Å². The molecule has 1 aliphatic heterocycles. The van der Waals surface area contributed by atoms with E-state index in [-0.39, 0.29) is 6.10 Å². The lowest BCUT2D eigenvalue weighted by Gasteiger charge is -2.35. The molecule has 0 unspecified atom stereocenters. The van der Waals surface area contributed by atoms with Gasteiger partial charge in [-0.05, 0) is 35.9 Å². The Hall–Kier alpha value is -0.930. The second-order valence-corrected chi connectivity index (χ2v) is 6.34. The lowest BCUT2D eigenvalue weighted by molar-refractivity contribution is 0.0993. The van der Waals surface area contributed by atoms with E-state index < -0.39 is 0 Å². The summed E-state index contributed by atoms with van der Waals surface area (Å²) in [6, 6.07) is 13.1. The average Bonchev–Trinajstić information content (AvgIpc) is 2.39. The Morgan fingerprint density at radius 3 is 2.43 bits per heavy atom. The van der Waals surface area contributed by atoms with E-state index in [1.165, 1.54) is 0 Å². The first-order chi connectivity index (χ1) is 10.1. The van der Waals surface area contributed by atoms with Crippen LogP contribution in [0.25, 0.3) is 0 Å². The zero-order chi connectivity index (χ0) is 14.8. The van der Waals surface area contributed by atoms with E-state index in [0.29, 0.717) is 21.0 Å². The van der Waals surface area contributed by atoms with E-state index in [9.17, 15) is 0 Å². The van der Waals surface area contributed by atoms with E-state index in [2.05, 4.69) is 5.32 Å². The lowest BCUT2D eigenvalue weighted by atomic mass is 9.91. The second-order valence-electron chi connectivity index (χ2n) is 5.09. The fourth-order valence-electron chi connectivity index (χ4n) is 2.34. The Labute approximate surface area is 139 Å². The van der Waals surface area contributed by atoms with Gasteiger partial charge in [-0.3, -0.25) is 0 Å². The molecule has 21 heavy (non-hydrogen) atoms. The molecule has 2 aromatic carbocycles. The fraction of sp³-hybridized carbons (Fsp3) is 0.250. The molecule has 1 fully saturated rings. The Morgan fingerprint density at radius 2 is 1.81 bits per heavy atom. The third-order valence-electron chi connectivity index (χ3n) is 3.57. The van der Waals surface area contributed by atoms with Crippen molar-refractivity contribution >= 4 is 34.8 Å². The highest BCUT2D eigenvalue weighted by Crippen LogP contribution is 2.34. The van der Waals surface area contributed by atoms with Gasteiger partial charge in [0.05, 0.1) is 10.0 Å². The molecule has 2 aromatic rings. The van der Waals surface area contributed by atoms with Crippen molar-refractivity contribution in [1.29, 1.82) is 0 Å². The number of hydrogen-bond donors (Lipinski definition) is 1. The molecule has 0 radical (unpaired) electrons. The highest BCUT2D eigenvalue weighted by Gasteiger charge is 2.30. The molecule has 110 valence electrons. The minimum atomic E-state index is -0.0699. The summed E-state index contributed by atoms with van der Waals surface area (Å²) in [6.07, 6.45) is -0.0699. The first kappa shape index (κ1) is 15.0. The summed E-state index contributed by atoms with van der Waals surface area (Å²) in [5, 5.41) is 5.02. The van der Waals surface area contributed by atoms with Crippen molar-refractivity contribution in [3.05, 3.63) is 63.1 Å². The van der Waals surface area contributed by atoms with E-state index in [1.54, 1.807) is 6.07 Å². The van der Waals surface area contributed by atoms with Gasteiger partial charge in [0.15, 0.2) is 0 Å². The smallest absolute Gasteiger partial charge is 0.129 e. The average molecular weight is 343 g/mol. The Bertz CT molecular complexity index is 643. The maximum absolute atomic E-state index is 6.15. The van der Waals surface area contributed by atoms with Crippen LogP contribution in [0.4, 0.5) is 0 Å². The van der Waals surface area contributed by atoms with Crippen LogP contribution in [0.2, 0.25) is 15.1 Å². The van der Waals surface area contributed by atoms with Crippen LogP contribution in [0.3, 0.4) is 0 Å². The van der Waals surface area contributed by atoms with Crippen molar-refractivity contribution in [3.63, 3.8) is 0 Å². The van der Waals surface area contributed by atoms with Crippen LogP contribution in [0.5, 0.6) is 5.75 Å². The normalized spacial score (nSPS) is 16.3. The number of halogens is 3. The van der Waals surface area contributed by atoms with Crippen LogP contribution in [-0.2, 0) is 0 Å². The van der Waals surface area contributed by atoms with Gasteiger partial charge >= 0.3 is 0 Å². The van der Waals surface area contributed by atoms with Gasteiger partial charge in [-0.25, -0.2) is 0 Å². The summed E-state index contributed by atoms with van der Waals surface area (Å²) in [5.41, 5.74) is 1.02. The molecular formula is C16H14Cl3NO. The fourth-order valence-corrected chi connectivity index (χ4v) is 2.82. The summed E-state index contributed by atoms with van der Waals surface area (Å²) < 4.78 is 6.15. The van der Waals surface area contributed by atoms with Crippen LogP contribution >= 0.6 is 34.8 Å². The second kappa shape index (κ2) is 6.45. The number of ether oxygens (including phenoxy) is 1. The molecular weight excluding hydrogens is 329 g/mol. The van der Waals surface area contributed by atoms with Crippen LogP contribution < -0.4 is 10.1 Å². The highest BCUT2D eigenvalue weighted by molar-refractivity contribution is 6.42. The maximum Gasteiger partial charge on any atom is 0.129 e. The first-order valence-corrected chi connectivity index (χ1v) is 7.85. The molecule has 5 heteroatoms. The quantitative estimate of drug-likeness (QED) is 0.845.